The van der Waals surface area contributed by atoms with Crippen LogP contribution < -0.4 is 16.6 Å². The lowest BCUT2D eigenvalue weighted by Gasteiger charge is -2.17. The van der Waals surface area contributed by atoms with Crippen molar-refractivity contribution in [2.75, 3.05) is 24.0 Å². The molecule has 1 heterocycles. The summed E-state index contributed by atoms with van der Waals surface area (Å²) < 4.78 is 0. The van der Waals surface area contributed by atoms with Crippen molar-refractivity contribution in [3.63, 3.8) is 0 Å². The van der Waals surface area contributed by atoms with Crippen molar-refractivity contribution in [2.45, 2.75) is 26.3 Å². The first-order valence-corrected chi connectivity index (χ1v) is 5.48. The van der Waals surface area contributed by atoms with Crippen molar-refractivity contribution >= 4 is 11.6 Å². The van der Waals surface area contributed by atoms with Crippen LogP contribution in [0.15, 0.2) is 0 Å². The third kappa shape index (κ3) is 3.26. The van der Waals surface area contributed by atoms with Crippen molar-refractivity contribution in [1.82, 2.24) is 9.97 Å². The normalized spacial score (nSPS) is 10.7. The fourth-order valence-corrected chi connectivity index (χ4v) is 1.34. The monoisotopic (exact) mass is 241 g/mol. The molecule has 0 atom stereocenters. The molecule has 0 aliphatic carbocycles. The zero-order valence-corrected chi connectivity index (χ0v) is 10.1. The molecule has 0 saturated carbocycles. The number of nitrogens with two attached hydrogens (primary N) is 1. The van der Waals surface area contributed by atoms with E-state index in [1.807, 2.05) is 13.8 Å². The zero-order valence-electron chi connectivity index (χ0n) is 10.1. The Bertz CT molecular complexity index is 368. The number of nitrogen functional groups attached to an aromatic ring is 1. The first-order valence-electron chi connectivity index (χ1n) is 5.48. The van der Waals surface area contributed by atoms with Crippen LogP contribution in [0.4, 0.5) is 11.6 Å². The molecule has 96 valence electrons. The van der Waals surface area contributed by atoms with E-state index in [4.69, 9.17) is 16.1 Å². The number of aromatic nitrogens is 2. The highest BCUT2D eigenvalue weighted by Crippen LogP contribution is 2.19. The largest absolute Gasteiger partial charge is 0.394 e. The summed E-state index contributed by atoms with van der Waals surface area (Å²) in [5.74, 6) is 7.12. The molecular weight excluding hydrogens is 222 g/mol. The van der Waals surface area contributed by atoms with Crippen molar-refractivity contribution in [2.24, 2.45) is 5.84 Å². The third-order valence-corrected chi connectivity index (χ3v) is 2.43. The predicted octanol–water partition coefficient (Wildman–Crippen LogP) is -0.602. The van der Waals surface area contributed by atoms with Crippen LogP contribution in [0.1, 0.15) is 18.3 Å². The van der Waals surface area contributed by atoms with Gasteiger partial charge in [0.25, 0.3) is 0 Å². The second-order valence-corrected chi connectivity index (χ2v) is 3.67. The van der Waals surface area contributed by atoms with Gasteiger partial charge in [-0.3, -0.25) is 0 Å². The fourth-order valence-electron chi connectivity index (χ4n) is 1.34. The molecule has 0 aromatic carbocycles. The summed E-state index contributed by atoms with van der Waals surface area (Å²) in [6.45, 7) is 3.40. The Morgan fingerprint density at radius 2 is 1.82 bits per heavy atom. The van der Waals surface area contributed by atoms with Gasteiger partial charge in [-0.1, -0.05) is 6.92 Å². The summed E-state index contributed by atoms with van der Waals surface area (Å²) in [5.41, 5.74) is 3.25. The Morgan fingerprint density at radius 1 is 1.24 bits per heavy atom. The molecule has 0 bridgehead atoms. The molecule has 0 radical (unpaired) electrons. The van der Waals surface area contributed by atoms with Crippen LogP contribution >= 0.6 is 0 Å². The quantitative estimate of drug-likeness (QED) is 0.333. The van der Waals surface area contributed by atoms with Gasteiger partial charge in [-0.2, -0.15) is 0 Å². The average Bonchev–Trinajstić information content (AvgIpc) is 2.37. The average molecular weight is 241 g/mol. The molecule has 0 aliphatic rings. The molecule has 0 spiro atoms. The summed E-state index contributed by atoms with van der Waals surface area (Å²) in [6.07, 6.45) is 0.673. The molecule has 6 N–H and O–H groups in total. The van der Waals surface area contributed by atoms with Gasteiger partial charge in [0.2, 0.25) is 0 Å². The van der Waals surface area contributed by atoms with Crippen molar-refractivity contribution in [3.8, 4) is 0 Å². The minimum atomic E-state index is -0.445. The van der Waals surface area contributed by atoms with Crippen molar-refractivity contribution in [3.05, 3.63) is 11.4 Å². The topological polar surface area (TPSA) is 116 Å². The van der Waals surface area contributed by atoms with Crippen LogP contribution in [0.5, 0.6) is 0 Å². The minimum Gasteiger partial charge on any atom is -0.394 e. The standard InChI is InChI=1S/C10H19N5O2/c1-3-8-13-9(12-7(4-16)5-17)6(2)10(14-8)15-11/h7,16-17H,3-5,11H2,1-2H3,(H2,12,13,14,15). The van der Waals surface area contributed by atoms with E-state index in [1.165, 1.54) is 0 Å². The van der Waals surface area contributed by atoms with E-state index in [2.05, 4.69) is 20.7 Å². The maximum Gasteiger partial charge on any atom is 0.148 e. The summed E-state index contributed by atoms with van der Waals surface area (Å²) >= 11 is 0. The summed E-state index contributed by atoms with van der Waals surface area (Å²) in [6, 6.07) is -0.445. The van der Waals surface area contributed by atoms with Crippen molar-refractivity contribution < 1.29 is 10.2 Å². The number of hydrogen-bond acceptors (Lipinski definition) is 7. The van der Waals surface area contributed by atoms with Crippen LogP contribution in [0.3, 0.4) is 0 Å². The maximum atomic E-state index is 9.03. The van der Waals surface area contributed by atoms with Gasteiger partial charge in [-0.25, -0.2) is 15.8 Å². The SMILES string of the molecule is CCc1nc(NN)c(C)c(NC(CO)CO)n1. The van der Waals surface area contributed by atoms with Gasteiger partial charge < -0.3 is 21.0 Å². The van der Waals surface area contributed by atoms with Gasteiger partial charge >= 0.3 is 0 Å². The second-order valence-electron chi connectivity index (χ2n) is 3.67. The molecule has 1 aromatic rings. The first kappa shape index (κ1) is 13.6. The van der Waals surface area contributed by atoms with Gasteiger partial charge in [0.05, 0.1) is 19.3 Å². The summed E-state index contributed by atoms with van der Waals surface area (Å²) in [5, 5.41) is 21.0. The second kappa shape index (κ2) is 6.33. The lowest BCUT2D eigenvalue weighted by atomic mass is 10.2. The number of nitrogens with zero attached hydrogens (tertiary/aromatic N) is 2. The van der Waals surface area contributed by atoms with Gasteiger partial charge in [0, 0.05) is 12.0 Å². The van der Waals surface area contributed by atoms with E-state index < -0.39 is 6.04 Å². The highest BCUT2D eigenvalue weighted by Gasteiger charge is 2.13. The molecule has 0 saturated heterocycles. The van der Waals surface area contributed by atoms with Crippen LogP contribution in [-0.4, -0.2) is 39.4 Å². The van der Waals surface area contributed by atoms with Gasteiger partial charge in [0.1, 0.15) is 17.5 Å². The Labute approximate surface area is 100 Å². The third-order valence-electron chi connectivity index (χ3n) is 2.43. The Kier molecular flexibility index (Phi) is 5.08. The maximum absolute atomic E-state index is 9.03. The molecule has 0 aliphatic heterocycles. The van der Waals surface area contributed by atoms with Crippen LogP contribution in [0.2, 0.25) is 0 Å². The Morgan fingerprint density at radius 3 is 2.29 bits per heavy atom. The van der Waals surface area contributed by atoms with Gasteiger partial charge in [-0.05, 0) is 6.92 Å². The van der Waals surface area contributed by atoms with E-state index in [9.17, 15) is 0 Å². The van der Waals surface area contributed by atoms with Crippen LogP contribution in [-0.2, 0) is 6.42 Å². The van der Waals surface area contributed by atoms with Crippen molar-refractivity contribution in [1.29, 1.82) is 0 Å². The zero-order chi connectivity index (χ0) is 12.8. The Balaban J connectivity index is 3.04. The predicted molar refractivity (Wildman–Crippen MR) is 65.5 cm³/mol. The number of aliphatic hydroxyl groups is 2. The van der Waals surface area contributed by atoms with E-state index >= 15 is 0 Å². The molecule has 1 aromatic heterocycles. The number of anilines is 2. The molecule has 0 unspecified atom stereocenters. The fraction of sp³-hybridized carbons (Fsp3) is 0.600. The van der Waals surface area contributed by atoms with Gasteiger partial charge in [0.15, 0.2) is 0 Å². The van der Waals surface area contributed by atoms with E-state index in [0.717, 1.165) is 5.56 Å². The molecule has 7 nitrogen and oxygen atoms in total. The number of aliphatic hydroxyl groups excluding tert-OH is 2. The number of nitrogens with one attached hydrogen (secondary N) is 2. The smallest absolute Gasteiger partial charge is 0.148 e. The molecule has 7 heteroatoms. The van der Waals surface area contributed by atoms with E-state index in [-0.39, 0.29) is 13.2 Å². The Hall–Kier alpha value is -1.44. The summed E-state index contributed by atoms with van der Waals surface area (Å²) in [4.78, 5) is 8.51. The van der Waals surface area contributed by atoms with E-state index in [0.29, 0.717) is 23.9 Å². The first-order chi connectivity index (χ1) is 8.15. The number of rotatable bonds is 6. The number of hydrazine groups is 1. The number of aryl methyl sites for hydroxylation is 1. The lowest BCUT2D eigenvalue weighted by Crippen LogP contribution is -2.29. The van der Waals surface area contributed by atoms with Gasteiger partial charge in [-0.15, -0.1) is 0 Å². The molecular formula is C10H19N5O2. The highest BCUT2D eigenvalue weighted by atomic mass is 16.3. The molecule has 1 rings (SSSR count). The molecule has 17 heavy (non-hydrogen) atoms. The van der Waals surface area contributed by atoms with Crippen LogP contribution in [0, 0.1) is 6.92 Å². The lowest BCUT2D eigenvalue weighted by molar-refractivity contribution is 0.203. The number of hydrogen-bond donors (Lipinski definition) is 5. The molecule has 0 fully saturated rings. The van der Waals surface area contributed by atoms with Crippen LogP contribution in [0.25, 0.3) is 0 Å². The summed E-state index contributed by atoms with van der Waals surface area (Å²) in [7, 11) is 0. The minimum absolute atomic E-state index is 0.174. The van der Waals surface area contributed by atoms with E-state index in [1.54, 1.807) is 0 Å². The molecule has 0 amide bonds. The highest BCUT2D eigenvalue weighted by molar-refractivity contribution is 5.57.